The Bertz CT molecular complexity index is 1900. The number of phenols is 2. The number of ether oxygens (including phenoxy) is 8. The summed E-state index contributed by atoms with van der Waals surface area (Å²) >= 11 is 0. The van der Waals surface area contributed by atoms with Crippen molar-refractivity contribution in [3.05, 3.63) is 79.9 Å². The minimum absolute atomic E-state index is 0.0183. The predicted molar refractivity (Wildman–Crippen MR) is 247 cm³/mol. The van der Waals surface area contributed by atoms with Crippen LogP contribution in [0.25, 0.3) is 0 Å². The molecule has 9 rings (SSSR count). The highest BCUT2D eigenvalue weighted by molar-refractivity contribution is 5.71. The maximum Gasteiger partial charge on any atom is 0.231 e. The van der Waals surface area contributed by atoms with E-state index in [1.54, 1.807) is 0 Å². The van der Waals surface area contributed by atoms with Crippen LogP contribution in [0.5, 0.6) is 57.5 Å². The molecule has 344 valence electrons. The van der Waals surface area contributed by atoms with Gasteiger partial charge < -0.3 is 48.1 Å². The highest BCUT2D eigenvalue weighted by atomic mass is 16.7. The van der Waals surface area contributed by atoms with Gasteiger partial charge in [-0.3, -0.25) is 0 Å². The molecule has 4 heterocycles. The van der Waals surface area contributed by atoms with E-state index >= 15 is 0 Å². The summed E-state index contributed by atoms with van der Waals surface area (Å²) in [6.45, 7) is 12.6. The van der Waals surface area contributed by atoms with Crippen molar-refractivity contribution >= 4 is 0 Å². The molecule has 4 atom stereocenters. The van der Waals surface area contributed by atoms with Crippen LogP contribution in [-0.2, 0) is 0 Å². The van der Waals surface area contributed by atoms with Crippen LogP contribution < -0.4 is 37.9 Å². The van der Waals surface area contributed by atoms with Crippen LogP contribution in [0.3, 0.4) is 0 Å². The summed E-state index contributed by atoms with van der Waals surface area (Å²) in [6.07, 6.45) is 15.6. The predicted octanol–water partition coefficient (Wildman–Crippen LogP) is 13.8. The first-order chi connectivity index (χ1) is 31.3. The van der Waals surface area contributed by atoms with E-state index in [0.29, 0.717) is 23.0 Å². The van der Waals surface area contributed by atoms with Crippen molar-refractivity contribution in [1.82, 2.24) is 0 Å². The third kappa shape index (κ3) is 7.80. The van der Waals surface area contributed by atoms with Gasteiger partial charge in [0.25, 0.3) is 0 Å². The number of rotatable bonds is 16. The largest absolute Gasteiger partial charge is 0.502 e. The molecule has 4 aromatic rings. The van der Waals surface area contributed by atoms with E-state index in [2.05, 4.69) is 65.8 Å². The maximum absolute atomic E-state index is 12.6. The van der Waals surface area contributed by atoms with Crippen LogP contribution in [0.15, 0.2) is 24.3 Å². The molecule has 0 amide bonds. The van der Waals surface area contributed by atoms with E-state index < -0.39 is 0 Å². The lowest BCUT2D eigenvalue weighted by molar-refractivity contribution is 0.0908. The second-order valence-corrected chi connectivity index (χ2v) is 18.6. The van der Waals surface area contributed by atoms with Gasteiger partial charge in [0.05, 0.1) is 0 Å². The van der Waals surface area contributed by atoms with E-state index in [1.807, 2.05) is 0 Å². The number of hydrogen-bond acceptors (Lipinski definition) is 10. The van der Waals surface area contributed by atoms with Crippen LogP contribution in [0.2, 0.25) is 0 Å². The van der Waals surface area contributed by atoms with Gasteiger partial charge in [0.15, 0.2) is 23.0 Å². The van der Waals surface area contributed by atoms with Crippen molar-refractivity contribution in [2.24, 2.45) is 0 Å². The first-order valence-electron chi connectivity index (χ1n) is 24.5. The molecular formula is C54H68O10. The van der Waals surface area contributed by atoms with Gasteiger partial charge in [0.2, 0.25) is 38.7 Å². The van der Waals surface area contributed by atoms with E-state index in [4.69, 9.17) is 37.9 Å². The first-order valence-corrected chi connectivity index (χ1v) is 24.5. The van der Waals surface area contributed by atoms with Gasteiger partial charge in [-0.15, -0.1) is 0 Å². The monoisotopic (exact) mass is 876 g/mol. The van der Waals surface area contributed by atoms with Gasteiger partial charge in [-0.1, -0.05) is 105 Å². The number of aromatic hydroxyl groups is 2. The lowest BCUT2D eigenvalue weighted by atomic mass is 9.75. The summed E-state index contributed by atoms with van der Waals surface area (Å²) < 4.78 is 52.7. The second-order valence-electron chi connectivity index (χ2n) is 18.6. The van der Waals surface area contributed by atoms with Crippen LogP contribution in [0.1, 0.15) is 210 Å². The normalized spacial score (nSPS) is 19.7. The number of hydrogen-bond donors (Lipinski definition) is 2. The van der Waals surface area contributed by atoms with E-state index in [-0.39, 0.29) is 62.3 Å². The zero-order chi connectivity index (χ0) is 44.5. The molecule has 4 unspecified atom stereocenters. The summed E-state index contributed by atoms with van der Waals surface area (Å²) in [5, 5.41) is 25.1. The Balaban J connectivity index is 1.44. The van der Waals surface area contributed by atoms with E-state index in [0.717, 1.165) is 181 Å². The smallest absolute Gasteiger partial charge is 0.231 e. The second kappa shape index (κ2) is 19.2. The van der Waals surface area contributed by atoms with E-state index in [9.17, 15) is 10.2 Å². The Morgan fingerprint density at radius 1 is 0.344 bits per heavy atom. The molecule has 0 saturated heterocycles. The molecule has 5 aliphatic rings. The first kappa shape index (κ1) is 44.1. The topological polar surface area (TPSA) is 114 Å². The van der Waals surface area contributed by atoms with Crippen LogP contribution in [-0.4, -0.2) is 37.4 Å². The summed E-state index contributed by atoms with van der Waals surface area (Å²) in [6, 6.07) is 9.21. The molecule has 0 aromatic heterocycles. The van der Waals surface area contributed by atoms with Crippen molar-refractivity contribution in [3.8, 4) is 57.5 Å². The SMILES string of the molecule is CCCCCC1c2cc3c4c(C)c2OCOc2c1cc1c(c2O)OCOc2c(cc5c(c2C)OCOc2c(cc(c(c2O)OCO4)C3CCCCC)C5CCCCC)C1CCCCC. The van der Waals surface area contributed by atoms with Crippen molar-refractivity contribution in [3.63, 3.8) is 0 Å². The number of benzene rings is 4. The van der Waals surface area contributed by atoms with Crippen molar-refractivity contribution in [2.75, 3.05) is 27.2 Å². The molecule has 8 bridgehead atoms. The molecule has 4 aliphatic heterocycles. The molecular weight excluding hydrogens is 809 g/mol. The molecule has 0 saturated carbocycles. The highest BCUT2D eigenvalue weighted by Crippen LogP contribution is 2.60. The van der Waals surface area contributed by atoms with Gasteiger partial charge in [-0.05, 0) is 63.8 Å². The average molecular weight is 877 g/mol. The summed E-state index contributed by atoms with van der Waals surface area (Å²) in [5.41, 5.74) is 9.67. The Hall–Kier alpha value is -5.12. The van der Waals surface area contributed by atoms with Crippen LogP contribution >= 0.6 is 0 Å². The molecule has 2 N–H and O–H groups in total. The molecule has 64 heavy (non-hydrogen) atoms. The lowest BCUT2D eigenvalue weighted by Crippen LogP contribution is -2.23. The van der Waals surface area contributed by atoms with Gasteiger partial charge in [-0.2, -0.15) is 0 Å². The molecule has 0 fully saturated rings. The van der Waals surface area contributed by atoms with Crippen LogP contribution in [0.4, 0.5) is 0 Å². The summed E-state index contributed by atoms with van der Waals surface area (Å²) in [5.74, 6) is 3.69. The van der Waals surface area contributed by atoms with Crippen molar-refractivity contribution in [2.45, 2.75) is 168 Å². The fraction of sp³-hybridized carbons (Fsp3) is 0.556. The van der Waals surface area contributed by atoms with Gasteiger partial charge in [-0.25, -0.2) is 0 Å². The molecule has 0 spiro atoms. The van der Waals surface area contributed by atoms with Gasteiger partial charge in [0.1, 0.15) is 23.0 Å². The molecule has 10 heteroatoms. The fourth-order valence-corrected chi connectivity index (χ4v) is 11.4. The minimum atomic E-state index is -0.193. The molecule has 0 radical (unpaired) electrons. The molecule has 4 aromatic carbocycles. The Morgan fingerprint density at radius 2 is 0.547 bits per heavy atom. The zero-order valence-corrected chi connectivity index (χ0v) is 38.9. The standard InChI is InChI=1S/C54H68O10/c1-7-11-15-19-33-37-23-38-34(20-16-12-8-2)43-26-44-36(22-18-14-10-4)40-24-39-35(21-17-13-9-3)42-25-41(33)51-45(55)52(42)62-29-59-49(39)32(6)50(40)60-30-64-54(44)46(56)53(43)63-28-58-48(38)31(5)47(37)57-27-61-51/h23-26,33-36,55-56H,7-22,27-30H2,1-6H3. The quantitative estimate of drug-likeness (QED) is 0.105. The fourth-order valence-electron chi connectivity index (χ4n) is 11.4. The lowest BCUT2D eigenvalue weighted by Gasteiger charge is -2.36. The van der Waals surface area contributed by atoms with Crippen LogP contribution in [0, 0.1) is 13.8 Å². The Morgan fingerprint density at radius 3 is 0.766 bits per heavy atom. The Kier molecular flexibility index (Phi) is 13.2. The maximum atomic E-state index is 12.6. The third-order valence-electron chi connectivity index (χ3n) is 14.6. The van der Waals surface area contributed by atoms with Crippen molar-refractivity contribution < 1.29 is 48.1 Å². The summed E-state index contributed by atoms with van der Waals surface area (Å²) in [7, 11) is 0. The zero-order valence-electron chi connectivity index (χ0n) is 38.9. The third-order valence-corrected chi connectivity index (χ3v) is 14.6. The minimum Gasteiger partial charge on any atom is -0.502 e. The average Bonchev–Trinajstić information content (AvgIpc) is 3.26. The van der Waals surface area contributed by atoms with E-state index in [1.165, 1.54) is 0 Å². The van der Waals surface area contributed by atoms with Crippen molar-refractivity contribution in [1.29, 1.82) is 0 Å². The molecule has 10 nitrogen and oxygen atoms in total. The number of phenolic OH excluding ortho intramolecular Hbond substituents is 2. The van der Waals surface area contributed by atoms with Gasteiger partial charge >= 0.3 is 0 Å². The Labute approximate surface area is 379 Å². The molecule has 1 aliphatic carbocycles. The van der Waals surface area contributed by atoms with Gasteiger partial charge in [0, 0.05) is 79.3 Å². The highest BCUT2D eigenvalue weighted by Gasteiger charge is 2.41. The number of unbranched alkanes of at least 4 members (excludes halogenated alkanes) is 8. The summed E-state index contributed by atoms with van der Waals surface area (Å²) in [4.78, 5) is 0.